The van der Waals surface area contributed by atoms with E-state index in [2.05, 4.69) is 5.32 Å². The van der Waals surface area contributed by atoms with Crippen LogP contribution in [0.5, 0.6) is 11.5 Å². The molecule has 0 aliphatic carbocycles. The first-order chi connectivity index (χ1) is 13.6. The number of carboxylic acid groups (broad SMARTS) is 1. The number of nitrogens with one attached hydrogen (secondary N) is 1. The average molecular weight is 385 g/mol. The van der Waals surface area contributed by atoms with Crippen LogP contribution in [0.15, 0.2) is 48.5 Å². The molecule has 1 aliphatic heterocycles. The number of benzene rings is 2. The minimum Gasteiger partial charge on any atom is -0.493 e. The van der Waals surface area contributed by atoms with Gasteiger partial charge in [-0.1, -0.05) is 36.4 Å². The van der Waals surface area contributed by atoms with Crippen LogP contribution in [0.25, 0.3) is 0 Å². The monoisotopic (exact) mass is 385 g/mol. The molecule has 2 aromatic carbocycles. The molecule has 148 valence electrons. The second-order valence-corrected chi connectivity index (χ2v) is 6.51. The number of methoxy groups -OCH3 is 1. The molecular weight excluding hydrogens is 362 g/mol. The molecule has 1 fully saturated rings. The summed E-state index contributed by atoms with van der Waals surface area (Å²) in [4.78, 5) is 23.1. The Labute approximate surface area is 163 Å². The summed E-state index contributed by atoms with van der Waals surface area (Å²) in [6, 6.07) is 15.3. The van der Waals surface area contributed by atoms with Crippen molar-refractivity contribution in [3.8, 4) is 11.5 Å². The lowest BCUT2D eigenvalue weighted by atomic mass is 10.1. The molecule has 2 aromatic rings. The van der Waals surface area contributed by atoms with Crippen LogP contribution in [0.1, 0.15) is 24.0 Å². The number of hydrogen-bond acceptors (Lipinski definition) is 5. The number of rotatable bonds is 8. The van der Waals surface area contributed by atoms with E-state index in [1.807, 2.05) is 36.4 Å². The number of aliphatic carboxylic acids is 1. The fraction of sp³-hybridized carbons (Fsp3) is 0.333. The van der Waals surface area contributed by atoms with E-state index in [9.17, 15) is 9.59 Å². The normalized spacial score (nSPS) is 18.5. The molecule has 7 heteroatoms. The molecular formula is C21H23NO6. The Kier molecular flexibility index (Phi) is 6.49. The molecule has 2 N–H and O–H groups in total. The van der Waals surface area contributed by atoms with Gasteiger partial charge in [0, 0.05) is 6.54 Å². The lowest BCUT2D eigenvalue weighted by Crippen LogP contribution is -2.35. The van der Waals surface area contributed by atoms with Crippen molar-refractivity contribution in [2.24, 2.45) is 0 Å². The van der Waals surface area contributed by atoms with Gasteiger partial charge in [0.1, 0.15) is 12.7 Å². The zero-order valence-corrected chi connectivity index (χ0v) is 15.6. The minimum atomic E-state index is -1.04. The smallest absolute Gasteiger partial charge is 0.332 e. The van der Waals surface area contributed by atoms with Crippen LogP contribution in [0.3, 0.4) is 0 Å². The van der Waals surface area contributed by atoms with E-state index in [-0.39, 0.29) is 12.5 Å². The number of ether oxygens (including phenoxy) is 3. The van der Waals surface area contributed by atoms with E-state index in [0.29, 0.717) is 30.9 Å². The number of amides is 1. The van der Waals surface area contributed by atoms with E-state index in [1.54, 1.807) is 19.2 Å². The first-order valence-electron chi connectivity index (χ1n) is 9.06. The maximum Gasteiger partial charge on any atom is 0.332 e. The van der Waals surface area contributed by atoms with Crippen molar-refractivity contribution in [2.75, 3.05) is 7.11 Å². The van der Waals surface area contributed by atoms with E-state index in [4.69, 9.17) is 19.3 Å². The minimum absolute atomic E-state index is 0.283. The molecule has 0 spiro atoms. The van der Waals surface area contributed by atoms with Crippen molar-refractivity contribution in [1.29, 1.82) is 0 Å². The summed E-state index contributed by atoms with van der Waals surface area (Å²) >= 11 is 0. The lowest BCUT2D eigenvalue weighted by molar-refractivity contribution is -0.151. The van der Waals surface area contributed by atoms with Gasteiger partial charge in [0.25, 0.3) is 0 Å². The molecule has 0 radical (unpaired) electrons. The topological polar surface area (TPSA) is 94.1 Å². The fourth-order valence-electron chi connectivity index (χ4n) is 2.99. The maximum atomic E-state index is 12.2. The number of carboxylic acids is 1. The van der Waals surface area contributed by atoms with Crippen molar-refractivity contribution >= 4 is 11.9 Å². The highest BCUT2D eigenvalue weighted by atomic mass is 16.5. The molecule has 7 nitrogen and oxygen atoms in total. The summed E-state index contributed by atoms with van der Waals surface area (Å²) in [7, 11) is 1.56. The van der Waals surface area contributed by atoms with E-state index >= 15 is 0 Å². The van der Waals surface area contributed by atoms with Crippen LogP contribution in [-0.4, -0.2) is 36.3 Å². The highest BCUT2D eigenvalue weighted by molar-refractivity contribution is 5.82. The lowest BCUT2D eigenvalue weighted by Gasteiger charge is -2.14. The highest BCUT2D eigenvalue weighted by Gasteiger charge is 2.34. The molecule has 1 amide bonds. The van der Waals surface area contributed by atoms with Gasteiger partial charge in [-0.25, -0.2) is 4.79 Å². The third kappa shape index (κ3) is 5.01. The van der Waals surface area contributed by atoms with Crippen LogP contribution < -0.4 is 14.8 Å². The van der Waals surface area contributed by atoms with Crippen LogP contribution in [0.2, 0.25) is 0 Å². The standard InChI is InChI=1S/C21H23NO6/c1-26-19-11-15(7-8-16(19)27-13-14-5-3-2-4-6-14)12-22-20(23)17-9-10-18(28-17)21(24)25/h2-8,11,17-18H,9-10,12-13H2,1H3,(H,22,23)(H,24,25)/t17-,18+/m0/s1. The quantitative estimate of drug-likeness (QED) is 0.725. The Morgan fingerprint density at radius 3 is 2.50 bits per heavy atom. The van der Waals surface area contributed by atoms with Gasteiger partial charge in [0.15, 0.2) is 17.6 Å². The number of carbonyl (C=O) groups excluding carboxylic acids is 1. The Balaban J connectivity index is 1.55. The Hall–Kier alpha value is -3.06. The molecule has 28 heavy (non-hydrogen) atoms. The third-order valence-corrected chi connectivity index (χ3v) is 4.52. The zero-order valence-electron chi connectivity index (χ0n) is 15.6. The van der Waals surface area contributed by atoms with Gasteiger partial charge in [-0.3, -0.25) is 4.79 Å². The van der Waals surface area contributed by atoms with Crippen molar-refractivity contribution in [2.45, 2.75) is 38.2 Å². The summed E-state index contributed by atoms with van der Waals surface area (Å²) in [6.07, 6.45) is -0.888. The van der Waals surface area contributed by atoms with Crippen molar-refractivity contribution in [3.05, 3.63) is 59.7 Å². The first-order valence-corrected chi connectivity index (χ1v) is 9.06. The number of hydrogen-bond donors (Lipinski definition) is 2. The predicted molar refractivity (Wildman–Crippen MR) is 101 cm³/mol. The van der Waals surface area contributed by atoms with Gasteiger partial charge in [-0.05, 0) is 36.1 Å². The predicted octanol–water partition coefficient (Wildman–Crippen LogP) is 2.52. The molecule has 1 saturated heterocycles. The highest BCUT2D eigenvalue weighted by Crippen LogP contribution is 2.29. The Morgan fingerprint density at radius 2 is 1.82 bits per heavy atom. The number of carbonyl (C=O) groups is 2. The summed E-state index contributed by atoms with van der Waals surface area (Å²) in [5, 5.41) is 11.7. The summed E-state index contributed by atoms with van der Waals surface area (Å²) in [5.74, 6) is -0.158. The van der Waals surface area contributed by atoms with Crippen molar-refractivity contribution < 1.29 is 28.9 Å². The van der Waals surface area contributed by atoms with Crippen LogP contribution in [0.4, 0.5) is 0 Å². The summed E-state index contributed by atoms with van der Waals surface area (Å²) in [5.41, 5.74) is 1.89. The summed E-state index contributed by atoms with van der Waals surface area (Å²) < 4.78 is 16.5. The van der Waals surface area contributed by atoms with Crippen LogP contribution in [0, 0.1) is 0 Å². The Bertz CT molecular complexity index is 823. The average Bonchev–Trinajstić information content (AvgIpc) is 3.22. The molecule has 0 saturated carbocycles. The molecule has 3 rings (SSSR count). The van der Waals surface area contributed by atoms with Crippen molar-refractivity contribution in [1.82, 2.24) is 5.32 Å². The van der Waals surface area contributed by atoms with E-state index in [1.165, 1.54) is 0 Å². The zero-order chi connectivity index (χ0) is 19.9. The summed E-state index contributed by atoms with van der Waals surface area (Å²) in [6.45, 7) is 0.711. The molecule has 0 bridgehead atoms. The second kappa shape index (κ2) is 9.23. The third-order valence-electron chi connectivity index (χ3n) is 4.52. The van der Waals surface area contributed by atoms with Gasteiger partial charge < -0.3 is 24.6 Å². The van der Waals surface area contributed by atoms with Gasteiger partial charge in [0.05, 0.1) is 7.11 Å². The molecule has 0 unspecified atom stereocenters. The van der Waals surface area contributed by atoms with Crippen LogP contribution >= 0.6 is 0 Å². The second-order valence-electron chi connectivity index (χ2n) is 6.51. The van der Waals surface area contributed by atoms with Crippen molar-refractivity contribution in [3.63, 3.8) is 0 Å². The van der Waals surface area contributed by atoms with E-state index < -0.39 is 18.2 Å². The van der Waals surface area contributed by atoms with Gasteiger partial charge in [-0.2, -0.15) is 0 Å². The van der Waals surface area contributed by atoms with E-state index in [0.717, 1.165) is 11.1 Å². The maximum absolute atomic E-state index is 12.2. The fourth-order valence-corrected chi connectivity index (χ4v) is 2.99. The Morgan fingerprint density at radius 1 is 1.07 bits per heavy atom. The molecule has 2 atom stereocenters. The molecule has 1 aliphatic rings. The van der Waals surface area contributed by atoms with Crippen LogP contribution in [-0.2, 0) is 27.5 Å². The SMILES string of the molecule is COc1cc(CNC(=O)[C@@H]2CC[C@H](C(=O)O)O2)ccc1OCc1ccccc1. The van der Waals surface area contributed by atoms with Gasteiger partial charge in [-0.15, -0.1) is 0 Å². The van der Waals surface area contributed by atoms with Gasteiger partial charge >= 0.3 is 5.97 Å². The molecule has 1 heterocycles. The van der Waals surface area contributed by atoms with Gasteiger partial charge in [0.2, 0.25) is 5.91 Å². The largest absolute Gasteiger partial charge is 0.493 e. The first kappa shape index (κ1) is 19.7. The molecule has 0 aromatic heterocycles.